The van der Waals surface area contributed by atoms with Gasteiger partial charge in [0.05, 0.1) is 12.1 Å². The highest BCUT2D eigenvalue weighted by molar-refractivity contribution is 5.74. The first kappa shape index (κ1) is 6.39. The van der Waals surface area contributed by atoms with Crippen LogP contribution in [0.2, 0.25) is 0 Å². The van der Waals surface area contributed by atoms with Crippen molar-refractivity contribution in [2.24, 2.45) is 5.92 Å². The molecule has 2 rings (SSSR count). The van der Waals surface area contributed by atoms with Crippen LogP contribution < -0.4 is 0 Å². The van der Waals surface area contributed by atoms with E-state index < -0.39 is 5.97 Å². The lowest BCUT2D eigenvalue weighted by atomic mass is 10.3. The van der Waals surface area contributed by atoms with E-state index in [9.17, 15) is 4.79 Å². The third-order valence-electron chi connectivity index (χ3n) is 1.92. The van der Waals surface area contributed by atoms with Gasteiger partial charge in [0.25, 0.3) is 0 Å². The van der Waals surface area contributed by atoms with Gasteiger partial charge in [-0.3, -0.25) is 4.79 Å². The number of rotatable bonds is 2. The summed E-state index contributed by atoms with van der Waals surface area (Å²) < 4.78 is 4.96. The molecule has 4 nitrogen and oxygen atoms in total. The van der Waals surface area contributed by atoms with Gasteiger partial charge in [-0.05, 0) is 6.42 Å². The Morgan fingerprint density at radius 3 is 3.09 bits per heavy atom. The van der Waals surface area contributed by atoms with E-state index in [-0.39, 0.29) is 11.8 Å². The highest BCUT2D eigenvalue weighted by atomic mass is 16.4. The largest absolute Gasteiger partial charge is 0.481 e. The molecule has 4 heteroatoms. The molecule has 0 aromatic carbocycles. The summed E-state index contributed by atoms with van der Waals surface area (Å²) in [5, 5.41) is 8.56. The van der Waals surface area contributed by atoms with Gasteiger partial charge in [0, 0.05) is 5.92 Å². The van der Waals surface area contributed by atoms with Gasteiger partial charge in [-0.1, -0.05) is 0 Å². The van der Waals surface area contributed by atoms with E-state index >= 15 is 0 Å². The van der Waals surface area contributed by atoms with Gasteiger partial charge in [-0.25, -0.2) is 4.98 Å². The fourth-order valence-electron chi connectivity index (χ4n) is 1.19. The fourth-order valence-corrected chi connectivity index (χ4v) is 1.19. The Hall–Kier alpha value is -1.32. The molecule has 1 fully saturated rings. The lowest BCUT2D eigenvalue weighted by Crippen LogP contribution is -1.98. The maximum atomic E-state index is 10.4. The first-order valence-electron chi connectivity index (χ1n) is 3.40. The lowest BCUT2D eigenvalue weighted by molar-refractivity contribution is -0.138. The number of oxazole rings is 1. The number of hydrogen-bond donors (Lipinski definition) is 1. The highest BCUT2D eigenvalue weighted by Gasteiger charge is 2.46. The second-order valence-corrected chi connectivity index (χ2v) is 2.69. The highest BCUT2D eigenvalue weighted by Crippen LogP contribution is 2.47. The minimum atomic E-state index is -0.744. The third kappa shape index (κ3) is 1.00. The molecule has 1 aromatic heterocycles. The van der Waals surface area contributed by atoms with Crippen LogP contribution in [0.3, 0.4) is 0 Å². The second kappa shape index (κ2) is 2.08. The molecule has 0 spiro atoms. The molecular formula is C7H7NO3. The van der Waals surface area contributed by atoms with Crippen molar-refractivity contribution in [1.82, 2.24) is 4.98 Å². The molecule has 1 aromatic rings. The molecule has 2 atom stereocenters. The normalized spacial score (nSPS) is 28.4. The van der Waals surface area contributed by atoms with E-state index in [0.717, 1.165) is 0 Å². The standard InChI is InChI=1S/C7H7NO3/c9-7(10)5-1-4(5)6-2-8-3-11-6/h2-5H,1H2,(H,9,10)/t4-,5-/m1/s1. The average molecular weight is 153 g/mol. The van der Waals surface area contributed by atoms with E-state index in [4.69, 9.17) is 9.52 Å². The summed E-state index contributed by atoms with van der Waals surface area (Å²) in [6, 6.07) is 0. The molecule has 1 saturated carbocycles. The first-order valence-corrected chi connectivity index (χ1v) is 3.40. The first-order chi connectivity index (χ1) is 5.29. The molecule has 0 aliphatic heterocycles. The number of hydrogen-bond acceptors (Lipinski definition) is 3. The molecule has 11 heavy (non-hydrogen) atoms. The van der Waals surface area contributed by atoms with Crippen molar-refractivity contribution in [3.05, 3.63) is 18.4 Å². The predicted molar refractivity (Wildman–Crippen MR) is 35.0 cm³/mol. The summed E-state index contributed by atoms with van der Waals surface area (Å²) in [7, 11) is 0. The van der Waals surface area contributed by atoms with Gasteiger partial charge < -0.3 is 9.52 Å². The zero-order valence-corrected chi connectivity index (χ0v) is 5.73. The van der Waals surface area contributed by atoms with E-state index in [2.05, 4.69) is 4.98 Å². The van der Waals surface area contributed by atoms with Crippen molar-refractivity contribution in [1.29, 1.82) is 0 Å². The molecule has 0 saturated heterocycles. The molecule has 0 unspecified atom stereocenters. The SMILES string of the molecule is O=C(O)[C@@H]1C[C@H]1c1cnco1. The summed E-state index contributed by atoms with van der Waals surface area (Å²) in [6.07, 6.45) is 3.59. The molecule has 0 radical (unpaired) electrons. The Balaban J connectivity index is 2.08. The van der Waals surface area contributed by atoms with Crippen LogP contribution in [0.1, 0.15) is 18.1 Å². The van der Waals surface area contributed by atoms with Gasteiger partial charge in [0.1, 0.15) is 5.76 Å². The van der Waals surface area contributed by atoms with Crippen molar-refractivity contribution in [3.63, 3.8) is 0 Å². The van der Waals surface area contributed by atoms with Crippen molar-refractivity contribution in [2.75, 3.05) is 0 Å². The third-order valence-corrected chi connectivity index (χ3v) is 1.92. The molecule has 1 aliphatic carbocycles. The van der Waals surface area contributed by atoms with Gasteiger partial charge in [-0.15, -0.1) is 0 Å². The Labute approximate surface area is 62.9 Å². The molecule has 0 bridgehead atoms. The lowest BCUT2D eigenvalue weighted by Gasteiger charge is -1.87. The van der Waals surface area contributed by atoms with Crippen LogP contribution in [0.15, 0.2) is 17.0 Å². The number of carbonyl (C=O) groups is 1. The molecule has 58 valence electrons. The predicted octanol–water partition coefficient (Wildman–Crippen LogP) is 0.863. The number of nitrogens with zero attached hydrogens (tertiary/aromatic N) is 1. The van der Waals surface area contributed by atoms with Gasteiger partial charge >= 0.3 is 5.97 Å². The Morgan fingerprint density at radius 2 is 2.64 bits per heavy atom. The van der Waals surface area contributed by atoms with Crippen molar-refractivity contribution >= 4 is 5.97 Å². The van der Waals surface area contributed by atoms with Crippen LogP contribution in [0.25, 0.3) is 0 Å². The Bertz CT molecular complexity index is 267. The maximum Gasteiger partial charge on any atom is 0.307 e. The maximum absolute atomic E-state index is 10.4. The quantitative estimate of drug-likeness (QED) is 0.684. The van der Waals surface area contributed by atoms with Crippen LogP contribution >= 0.6 is 0 Å². The van der Waals surface area contributed by atoms with E-state index in [1.165, 1.54) is 6.39 Å². The summed E-state index contributed by atoms with van der Waals surface area (Å²) in [5.74, 6) is -0.234. The van der Waals surface area contributed by atoms with E-state index in [1.54, 1.807) is 6.20 Å². The second-order valence-electron chi connectivity index (χ2n) is 2.69. The van der Waals surface area contributed by atoms with Crippen molar-refractivity contribution < 1.29 is 14.3 Å². The minimum absolute atomic E-state index is 0.0648. The number of carboxylic acids is 1. The molecule has 1 aliphatic rings. The van der Waals surface area contributed by atoms with Crippen molar-refractivity contribution in [3.8, 4) is 0 Å². The molecular weight excluding hydrogens is 146 g/mol. The number of aromatic nitrogens is 1. The number of aliphatic carboxylic acids is 1. The molecule has 0 amide bonds. The van der Waals surface area contributed by atoms with Gasteiger partial charge in [0.2, 0.25) is 0 Å². The smallest absolute Gasteiger partial charge is 0.307 e. The fraction of sp³-hybridized carbons (Fsp3) is 0.429. The van der Waals surface area contributed by atoms with Gasteiger partial charge in [0.15, 0.2) is 6.39 Å². The topological polar surface area (TPSA) is 63.3 Å². The van der Waals surface area contributed by atoms with Crippen LogP contribution in [0, 0.1) is 5.92 Å². The monoisotopic (exact) mass is 153 g/mol. The van der Waals surface area contributed by atoms with Crippen LogP contribution in [0.5, 0.6) is 0 Å². The average Bonchev–Trinajstić information content (AvgIpc) is 2.60. The Kier molecular flexibility index (Phi) is 1.21. The molecule has 1 N–H and O–H groups in total. The van der Waals surface area contributed by atoms with Crippen molar-refractivity contribution in [2.45, 2.75) is 12.3 Å². The summed E-state index contributed by atoms with van der Waals surface area (Å²) in [5.41, 5.74) is 0. The Morgan fingerprint density at radius 1 is 1.82 bits per heavy atom. The van der Waals surface area contributed by atoms with Gasteiger partial charge in [-0.2, -0.15) is 0 Å². The zero-order chi connectivity index (χ0) is 7.84. The minimum Gasteiger partial charge on any atom is -0.481 e. The van der Waals surface area contributed by atoms with Crippen LogP contribution in [0.4, 0.5) is 0 Å². The summed E-state index contributed by atoms with van der Waals surface area (Å²) in [4.78, 5) is 14.1. The number of carboxylic acid groups (broad SMARTS) is 1. The van der Waals surface area contributed by atoms with E-state index in [0.29, 0.717) is 12.2 Å². The van der Waals surface area contributed by atoms with Crippen LogP contribution in [-0.4, -0.2) is 16.1 Å². The zero-order valence-electron chi connectivity index (χ0n) is 5.73. The van der Waals surface area contributed by atoms with E-state index in [1.807, 2.05) is 0 Å². The molecule has 1 heterocycles. The summed E-state index contributed by atoms with van der Waals surface area (Å²) in [6.45, 7) is 0. The summed E-state index contributed by atoms with van der Waals surface area (Å²) >= 11 is 0. The van der Waals surface area contributed by atoms with Crippen LogP contribution in [-0.2, 0) is 4.79 Å².